The molecule has 2 aromatic rings. The van der Waals surface area contributed by atoms with E-state index in [1.165, 1.54) is 19.3 Å². The molecule has 2 aliphatic rings. The van der Waals surface area contributed by atoms with Crippen LogP contribution in [0.3, 0.4) is 0 Å². The number of amides is 1. The van der Waals surface area contributed by atoms with Crippen molar-refractivity contribution in [2.75, 3.05) is 43.5 Å². The van der Waals surface area contributed by atoms with Crippen LogP contribution in [0.4, 0.5) is 11.5 Å². The molecule has 0 bridgehead atoms. The van der Waals surface area contributed by atoms with Gasteiger partial charge in [-0.15, -0.1) is 0 Å². The van der Waals surface area contributed by atoms with Crippen molar-refractivity contribution in [3.63, 3.8) is 0 Å². The van der Waals surface area contributed by atoms with Crippen molar-refractivity contribution in [1.29, 1.82) is 0 Å². The van der Waals surface area contributed by atoms with Crippen LogP contribution < -0.4 is 20.7 Å². The van der Waals surface area contributed by atoms with Crippen LogP contribution >= 0.6 is 11.6 Å². The number of piperidine rings is 1. The highest BCUT2D eigenvalue weighted by Crippen LogP contribution is 2.34. The van der Waals surface area contributed by atoms with Gasteiger partial charge in [0.05, 0.1) is 12.1 Å². The van der Waals surface area contributed by atoms with Crippen molar-refractivity contribution in [3.8, 4) is 0 Å². The fourth-order valence-corrected chi connectivity index (χ4v) is 6.43. The highest BCUT2D eigenvalue weighted by atomic mass is 35.5. The quantitative estimate of drug-likeness (QED) is 0.532. The molecule has 2 N–H and O–H groups in total. The summed E-state index contributed by atoms with van der Waals surface area (Å²) in [6.45, 7) is 7.05. The molecule has 204 valence electrons. The number of halogens is 1. The molecular weight excluding hydrogens is 488 g/mol. The van der Waals surface area contributed by atoms with Crippen molar-refractivity contribution in [1.82, 2.24) is 20.0 Å². The van der Waals surface area contributed by atoms with E-state index < -0.39 is 0 Å². The Morgan fingerprint density at radius 1 is 1.11 bits per heavy atom. The van der Waals surface area contributed by atoms with E-state index in [0.717, 1.165) is 62.4 Å². The minimum Gasteiger partial charge on any atom is -0.369 e. The maximum absolute atomic E-state index is 13.4. The standard InChI is InChI=1S/C28H43ClN6O2/c1-6-35(22-12-10-21(11-13-22)32(3)4)25-17-20(29)16-23(19(25)2)26(36)30-18-24-27(37)31-33(5)28(24)34-14-8-7-9-15-34/h16-17,21-22H,6-15,18H2,1-5H3,(H,30,36)(H,31,37). The molecule has 1 saturated carbocycles. The number of nitrogens with zero attached hydrogens (tertiary/aromatic N) is 4. The molecule has 4 rings (SSSR count). The zero-order chi connectivity index (χ0) is 26.7. The number of carbonyl (C=O) groups excluding carboxylic acids is 1. The largest absolute Gasteiger partial charge is 0.369 e. The second-order valence-corrected chi connectivity index (χ2v) is 11.3. The van der Waals surface area contributed by atoms with Gasteiger partial charge in [0.25, 0.3) is 11.5 Å². The molecule has 1 aliphatic heterocycles. The van der Waals surface area contributed by atoms with E-state index in [2.05, 4.69) is 46.1 Å². The summed E-state index contributed by atoms with van der Waals surface area (Å²) >= 11 is 6.56. The smallest absolute Gasteiger partial charge is 0.271 e. The number of benzene rings is 1. The van der Waals surface area contributed by atoms with Gasteiger partial charge in [0.15, 0.2) is 0 Å². The van der Waals surface area contributed by atoms with Crippen molar-refractivity contribution < 1.29 is 4.79 Å². The second-order valence-electron chi connectivity index (χ2n) is 10.8. The monoisotopic (exact) mass is 530 g/mol. The van der Waals surface area contributed by atoms with Crippen LogP contribution in [-0.4, -0.2) is 66.4 Å². The summed E-state index contributed by atoms with van der Waals surface area (Å²) in [5.74, 6) is 0.667. The summed E-state index contributed by atoms with van der Waals surface area (Å²) in [4.78, 5) is 33.1. The first-order valence-corrected chi connectivity index (χ1v) is 14.1. The van der Waals surface area contributed by atoms with Gasteiger partial charge in [0.1, 0.15) is 5.82 Å². The number of aromatic amines is 1. The molecule has 37 heavy (non-hydrogen) atoms. The van der Waals surface area contributed by atoms with Crippen LogP contribution in [0.25, 0.3) is 0 Å². The van der Waals surface area contributed by atoms with E-state index in [1.54, 1.807) is 10.7 Å². The highest BCUT2D eigenvalue weighted by molar-refractivity contribution is 6.31. The van der Waals surface area contributed by atoms with Crippen molar-refractivity contribution in [2.24, 2.45) is 7.05 Å². The molecule has 2 heterocycles. The third kappa shape index (κ3) is 6.01. The Hall–Kier alpha value is -2.45. The van der Waals surface area contributed by atoms with Crippen LogP contribution in [0, 0.1) is 6.92 Å². The first-order valence-electron chi connectivity index (χ1n) is 13.8. The lowest BCUT2D eigenvalue weighted by Crippen LogP contribution is -2.42. The molecule has 2 fully saturated rings. The van der Waals surface area contributed by atoms with Crippen LogP contribution in [0.2, 0.25) is 5.02 Å². The van der Waals surface area contributed by atoms with E-state index in [9.17, 15) is 9.59 Å². The Morgan fingerprint density at radius 3 is 2.38 bits per heavy atom. The third-order valence-electron chi connectivity index (χ3n) is 8.29. The summed E-state index contributed by atoms with van der Waals surface area (Å²) in [6, 6.07) is 4.80. The number of aryl methyl sites for hydroxylation is 1. The minimum atomic E-state index is -0.207. The molecule has 1 aromatic carbocycles. The highest BCUT2D eigenvalue weighted by Gasteiger charge is 2.28. The fourth-order valence-electron chi connectivity index (χ4n) is 6.22. The van der Waals surface area contributed by atoms with Crippen LogP contribution in [0.5, 0.6) is 0 Å². The van der Waals surface area contributed by atoms with Gasteiger partial charge < -0.3 is 20.0 Å². The topological polar surface area (TPSA) is 76.6 Å². The number of carbonyl (C=O) groups is 1. The van der Waals surface area contributed by atoms with Gasteiger partial charge in [-0.05, 0) is 90.6 Å². The number of anilines is 2. The van der Waals surface area contributed by atoms with E-state index in [0.29, 0.717) is 28.2 Å². The fraction of sp³-hybridized carbons (Fsp3) is 0.643. The molecule has 1 amide bonds. The van der Waals surface area contributed by atoms with E-state index in [-0.39, 0.29) is 18.0 Å². The number of hydrogen-bond donors (Lipinski definition) is 2. The number of nitrogens with one attached hydrogen (secondary N) is 2. The van der Waals surface area contributed by atoms with Gasteiger partial charge in [0, 0.05) is 55.0 Å². The summed E-state index contributed by atoms with van der Waals surface area (Å²) < 4.78 is 1.78. The first kappa shape index (κ1) is 27.6. The normalized spacial score (nSPS) is 20.4. The van der Waals surface area contributed by atoms with Crippen LogP contribution in [-0.2, 0) is 13.6 Å². The van der Waals surface area contributed by atoms with Gasteiger partial charge in [0.2, 0.25) is 0 Å². The van der Waals surface area contributed by atoms with Crippen LogP contribution in [0.15, 0.2) is 16.9 Å². The van der Waals surface area contributed by atoms with Gasteiger partial charge >= 0.3 is 0 Å². The van der Waals surface area contributed by atoms with E-state index >= 15 is 0 Å². The third-order valence-corrected chi connectivity index (χ3v) is 8.51. The molecule has 1 aliphatic carbocycles. The summed E-state index contributed by atoms with van der Waals surface area (Å²) in [6.07, 6.45) is 8.03. The van der Waals surface area contributed by atoms with Crippen molar-refractivity contribution >= 4 is 29.0 Å². The lowest BCUT2D eigenvalue weighted by molar-refractivity contribution is 0.0950. The summed E-state index contributed by atoms with van der Waals surface area (Å²) in [5, 5.41) is 6.44. The number of rotatable bonds is 8. The molecule has 8 nitrogen and oxygen atoms in total. The molecule has 1 aromatic heterocycles. The predicted octanol–water partition coefficient (Wildman–Crippen LogP) is 4.29. The van der Waals surface area contributed by atoms with E-state index in [1.807, 2.05) is 20.0 Å². The van der Waals surface area contributed by atoms with E-state index in [4.69, 9.17) is 11.6 Å². The molecule has 0 spiro atoms. The number of hydrogen-bond acceptors (Lipinski definition) is 5. The maximum Gasteiger partial charge on any atom is 0.271 e. The molecule has 0 unspecified atom stereocenters. The van der Waals surface area contributed by atoms with Crippen LogP contribution in [0.1, 0.15) is 73.4 Å². The molecule has 1 saturated heterocycles. The lowest BCUT2D eigenvalue weighted by Gasteiger charge is -2.40. The number of aromatic nitrogens is 2. The molecule has 0 atom stereocenters. The second kappa shape index (κ2) is 11.9. The zero-order valence-corrected chi connectivity index (χ0v) is 23.8. The molecular formula is C28H43ClN6O2. The summed E-state index contributed by atoms with van der Waals surface area (Å²) in [7, 11) is 6.18. The van der Waals surface area contributed by atoms with Gasteiger partial charge in [-0.1, -0.05) is 11.6 Å². The SMILES string of the molecule is CCN(c1cc(Cl)cc(C(=O)NCc2c(N3CCCCC3)n(C)[nH]c2=O)c1C)C1CCC(N(C)C)CC1. The Bertz CT molecular complexity index is 1140. The van der Waals surface area contributed by atoms with Crippen molar-refractivity contribution in [3.05, 3.63) is 44.2 Å². The predicted molar refractivity (Wildman–Crippen MR) is 152 cm³/mol. The van der Waals surface area contributed by atoms with Crippen molar-refractivity contribution in [2.45, 2.75) is 77.4 Å². The first-order chi connectivity index (χ1) is 17.7. The Balaban J connectivity index is 1.53. The summed E-state index contributed by atoms with van der Waals surface area (Å²) in [5.41, 5.74) is 2.97. The average Bonchev–Trinajstić information content (AvgIpc) is 3.17. The average molecular weight is 531 g/mol. The zero-order valence-electron chi connectivity index (χ0n) is 23.1. The Morgan fingerprint density at radius 2 is 1.76 bits per heavy atom. The van der Waals surface area contributed by atoms with Gasteiger partial charge in [-0.2, -0.15) is 0 Å². The van der Waals surface area contributed by atoms with Gasteiger partial charge in [-0.3, -0.25) is 19.4 Å². The Kier molecular flexibility index (Phi) is 8.90. The molecule has 0 radical (unpaired) electrons. The lowest BCUT2D eigenvalue weighted by atomic mass is 9.89. The minimum absolute atomic E-state index is 0.155. The number of H-pyrrole nitrogens is 1. The Labute approximate surface area is 225 Å². The maximum atomic E-state index is 13.4. The molecule has 9 heteroatoms. The van der Waals surface area contributed by atoms with Gasteiger partial charge in [-0.25, -0.2) is 0 Å².